The average Bonchev–Trinajstić information content (AvgIpc) is 3.02. The Hall–Kier alpha value is -2.75. The summed E-state index contributed by atoms with van der Waals surface area (Å²) in [6, 6.07) is 12.6. The molecule has 1 aliphatic heterocycles. The van der Waals surface area contributed by atoms with Crippen LogP contribution in [0.1, 0.15) is 15.9 Å². The lowest BCUT2D eigenvalue weighted by molar-refractivity contribution is 0.0858. The third-order valence-electron chi connectivity index (χ3n) is 3.87. The molecule has 0 saturated heterocycles. The van der Waals surface area contributed by atoms with Crippen LogP contribution < -0.4 is 4.74 Å². The minimum atomic E-state index is -0.527. The number of hydrogen-bond donors (Lipinski definition) is 2. The van der Waals surface area contributed by atoms with Crippen molar-refractivity contribution in [3.63, 3.8) is 0 Å². The van der Waals surface area contributed by atoms with Gasteiger partial charge in [-0.15, -0.1) is 0 Å². The maximum atomic E-state index is 12.4. The Kier molecular flexibility index (Phi) is 2.51. The van der Waals surface area contributed by atoms with Crippen LogP contribution in [0.3, 0.4) is 0 Å². The Morgan fingerprint density at radius 2 is 2.05 bits per heavy atom. The molecule has 1 aliphatic rings. The number of aromatic amines is 1. The number of ketones is 1. The number of hydrogen-bond acceptors (Lipinski definition) is 3. The topological polar surface area (TPSA) is 62.3 Å². The largest absolute Gasteiger partial charge is 0.508 e. The van der Waals surface area contributed by atoms with Gasteiger partial charge >= 0.3 is 0 Å². The van der Waals surface area contributed by atoms with E-state index in [1.54, 1.807) is 6.07 Å². The van der Waals surface area contributed by atoms with Crippen LogP contribution in [0.4, 0.5) is 0 Å². The van der Waals surface area contributed by atoms with E-state index < -0.39 is 6.10 Å². The van der Waals surface area contributed by atoms with Crippen molar-refractivity contribution in [2.75, 3.05) is 0 Å². The molecule has 2 heterocycles. The molecule has 0 amide bonds. The van der Waals surface area contributed by atoms with Gasteiger partial charge in [-0.3, -0.25) is 4.79 Å². The molecule has 4 nitrogen and oxygen atoms in total. The molecule has 0 radical (unpaired) electrons. The molecule has 1 aromatic heterocycles. The Morgan fingerprint density at radius 3 is 2.95 bits per heavy atom. The lowest BCUT2D eigenvalue weighted by Crippen LogP contribution is -2.23. The number of nitrogens with one attached hydrogen (secondary N) is 1. The highest BCUT2D eigenvalue weighted by molar-refractivity contribution is 6.05. The molecule has 1 unspecified atom stereocenters. The number of carbonyl (C=O) groups is 1. The van der Waals surface area contributed by atoms with Crippen LogP contribution in [-0.2, 0) is 6.42 Å². The van der Waals surface area contributed by atoms with E-state index in [1.165, 1.54) is 12.1 Å². The van der Waals surface area contributed by atoms with Crippen molar-refractivity contribution in [1.29, 1.82) is 0 Å². The number of phenolic OH excluding ortho intramolecular Hbond substituents is 1. The van der Waals surface area contributed by atoms with Crippen LogP contribution in [-0.4, -0.2) is 22.0 Å². The molecule has 4 rings (SSSR count). The number of aromatic nitrogens is 1. The van der Waals surface area contributed by atoms with Crippen molar-refractivity contribution in [2.45, 2.75) is 12.5 Å². The molecule has 0 saturated carbocycles. The van der Waals surface area contributed by atoms with E-state index in [4.69, 9.17) is 4.74 Å². The van der Waals surface area contributed by atoms with E-state index in [2.05, 4.69) is 4.98 Å². The van der Waals surface area contributed by atoms with E-state index in [-0.39, 0.29) is 11.5 Å². The van der Waals surface area contributed by atoms with E-state index in [9.17, 15) is 9.90 Å². The number of benzene rings is 2. The molecule has 1 atom stereocenters. The highest BCUT2D eigenvalue weighted by Crippen LogP contribution is 2.33. The van der Waals surface area contributed by atoms with Gasteiger partial charge < -0.3 is 14.8 Å². The van der Waals surface area contributed by atoms with E-state index >= 15 is 0 Å². The molecule has 0 fully saturated rings. The first-order valence-corrected chi connectivity index (χ1v) is 6.81. The van der Waals surface area contributed by atoms with E-state index in [0.717, 1.165) is 16.5 Å². The molecule has 4 heteroatoms. The first kappa shape index (κ1) is 12.0. The number of fused-ring (bicyclic) bond motifs is 2. The molecular weight excluding hydrogens is 266 g/mol. The lowest BCUT2D eigenvalue weighted by Gasteiger charge is -2.08. The summed E-state index contributed by atoms with van der Waals surface area (Å²) in [6.45, 7) is 0. The second-order valence-electron chi connectivity index (χ2n) is 5.21. The van der Waals surface area contributed by atoms with Gasteiger partial charge in [0.05, 0.1) is 5.56 Å². The van der Waals surface area contributed by atoms with Gasteiger partial charge in [0.2, 0.25) is 5.78 Å². The predicted molar refractivity (Wildman–Crippen MR) is 78.9 cm³/mol. The van der Waals surface area contributed by atoms with Crippen molar-refractivity contribution in [2.24, 2.45) is 0 Å². The van der Waals surface area contributed by atoms with Crippen LogP contribution in [0.15, 0.2) is 48.7 Å². The Morgan fingerprint density at radius 1 is 1.19 bits per heavy atom. The third-order valence-corrected chi connectivity index (χ3v) is 3.87. The molecule has 104 valence electrons. The second-order valence-corrected chi connectivity index (χ2v) is 5.21. The van der Waals surface area contributed by atoms with Crippen molar-refractivity contribution in [3.8, 4) is 11.5 Å². The fourth-order valence-electron chi connectivity index (χ4n) is 2.83. The van der Waals surface area contributed by atoms with Crippen molar-refractivity contribution >= 4 is 16.7 Å². The van der Waals surface area contributed by atoms with Crippen LogP contribution in [0.5, 0.6) is 11.5 Å². The van der Waals surface area contributed by atoms with Crippen molar-refractivity contribution < 1.29 is 14.6 Å². The summed E-state index contributed by atoms with van der Waals surface area (Å²) in [5.74, 6) is 0.536. The fourth-order valence-corrected chi connectivity index (χ4v) is 2.83. The summed E-state index contributed by atoms with van der Waals surface area (Å²) < 4.78 is 5.70. The molecule has 2 aromatic carbocycles. The molecule has 0 spiro atoms. The smallest absolute Gasteiger partial charge is 0.207 e. The number of rotatable bonds is 2. The minimum Gasteiger partial charge on any atom is -0.508 e. The SMILES string of the molecule is O=C1c2ccc(O)cc2OC1Cc1c[nH]c2ccccc12. The maximum Gasteiger partial charge on any atom is 0.207 e. The monoisotopic (exact) mass is 279 g/mol. The summed E-state index contributed by atoms with van der Waals surface area (Å²) in [5, 5.41) is 10.6. The highest BCUT2D eigenvalue weighted by atomic mass is 16.5. The second kappa shape index (κ2) is 4.38. The number of Topliss-reactive ketones (excluding diaryl/α,β-unsaturated/α-hetero) is 1. The van der Waals surface area contributed by atoms with Gasteiger partial charge in [0.1, 0.15) is 11.5 Å². The average molecular weight is 279 g/mol. The number of carbonyl (C=O) groups excluding carboxylic acids is 1. The fraction of sp³-hybridized carbons (Fsp3) is 0.118. The van der Waals surface area contributed by atoms with Crippen LogP contribution in [0.2, 0.25) is 0 Å². The third kappa shape index (κ3) is 1.88. The van der Waals surface area contributed by atoms with E-state index in [1.807, 2.05) is 30.5 Å². The summed E-state index contributed by atoms with van der Waals surface area (Å²) in [6.07, 6.45) is 1.90. The number of H-pyrrole nitrogens is 1. The summed E-state index contributed by atoms with van der Waals surface area (Å²) >= 11 is 0. The van der Waals surface area contributed by atoms with Crippen LogP contribution >= 0.6 is 0 Å². The summed E-state index contributed by atoms with van der Waals surface area (Å²) in [4.78, 5) is 15.6. The van der Waals surface area contributed by atoms with Crippen LogP contribution in [0, 0.1) is 0 Å². The predicted octanol–water partition coefficient (Wildman–Crippen LogP) is 3.06. The Labute approximate surface area is 121 Å². The van der Waals surface area contributed by atoms with E-state index in [0.29, 0.717) is 17.7 Å². The first-order chi connectivity index (χ1) is 10.2. The summed E-state index contributed by atoms with van der Waals surface area (Å²) in [7, 11) is 0. The van der Waals surface area contributed by atoms with Gasteiger partial charge in [-0.25, -0.2) is 0 Å². The number of para-hydroxylation sites is 1. The maximum absolute atomic E-state index is 12.4. The number of aromatic hydroxyl groups is 1. The van der Waals surface area contributed by atoms with Gasteiger partial charge in [0.25, 0.3) is 0 Å². The lowest BCUT2D eigenvalue weighted by atomic mass is 10.0. The van der Waals surface area contributed by atoms with Crippen molar-refractivity contribution in [1.82, 2.24) is 4.98 Å². The molecule has 2 N–H and O–H groups in total. The Bertz CT molecular complexity index is 850. The minimum absolute atomic E-state index is 0.0321. The highest BCUT2D eigenvalue weighted by Gasteiger charge is 2.33. The quantitative estimate of drug-likeness (QED) is 0.758. The number of ether oxygens (including phenoxy) is 1. The molecule has 0 bridgehead atoms. The normalized spacial score (nSPS) is 17.0. The molecular formula is C17H13NO3. The zero-order valence-corrected chi connectivity index (χ0v) is 11.2. The number of phenols is 1. The van der Waals surface area contributed by atoms with Gasteiger partial charge in [-0.2, -0.15) is 0 Å². The summed E-state index contributed by atoms with van der Waals surface area (Å²) in [5.41, 5.74) is 2.65. The molecule has 21 heavy (non-hydrogen) atoms. The molecule has 0 aliphatic carbocycles. The van der Waals surface area contributed by atoms with Gasteiger partial charge in [0.15, 0.2) is 6.10 Å². The first-order valence-electron chi connectivity index (χ1n) is 6.81. The van der Waals surface area contributed by atoms with Crippen molar-refractivity contribution in [3.05, 3.63) is 59.8 Å². The van der Waals surface area contributed by atoms with Crippen LogP contribution in [0.25, 0.3) is 10.9 Å². The molecule has 3 aromatic rings. The zero-order chi connectivity index (χ0) is 14.4. The van der Waals surface area contributed by atoms with Gasteiger partial charge in [0, 0.05) is 29.6 Å². The van der Waals surface area contributed by atoms with Gasteiger partial charge in [-0.1, -0.05) is 18.2 Å². The Balaban J connectivity index is 1.66. The zero-order valence-electron chi connectivity index (χ0n) is 11.2. The standard InChI is InChI=1S/C17H13NO3/c19-11-5-6-13-15(8-11)21-16(17(13)20)7-10-9-18-14-4-2-1-3-12(10)14/h1-6,8-9,16,18-19H,7H2. The van der Waals surface area contributed by atoms with Gasteiger partial charge in [-0.05, 0) is 23.8 Å².